The summed E-state index contributed by atoms with van der Waals surface area (Å²) in [5.74, 6) is 0.896. The first-order chi connectivity index (χ1) is 6.12. The molecule has 13 heavy (non-hydrogen) atoms. The summed E-state index contributed by atoms with van der Waals surface area (Å²) in [4.78, 5) is 0. The van der Waals surface area contributed by atoms with Crippen LogP contribution < -0.4 is 0 Å². The molecule has 0 aliphatic heterocycles. The Kier molecular flexibility index (Phi) is 4.28. The first-order valence-corrected chi connectivity index (χ1v) is 6.12. The highest BCUT2D eigenvalue weighted by Gasteiger charge is 2.25. The standard InChI is InChI=1S/C13H26/c1-12(2)8-7-11-13(3)9-5-4-6-10-13/h12H,4-11H2,1-3H3. The second kappa shape index (κ2) is 5.02. The Bertz CT molecular complexity index is 129. The van der Waals surface area contributed by atoms with E-state index in [-0.39, 0.29) is 0 Å². The molecule has 1 aliphatic rings. The van der Waals surface area contributed by atoms with Crippen LogP contribution in [-0.4, -0.2) is 0 Å². The molecule has 1 saturated carbocycles. The van der Waals surface area contributed by atoms with E-state index in [9.17, 15) is 0 Å². The SMILES string of the molecule is CC(C)CCCC1(C)CCCCC1. The fraction of sp³-hybridized carbons (Fsp3) is 1.00. The summed E-state index contributed by atoms with van der Waals surface area (Å²) < 4.78 is 0. The van der Waals surface area contributed by atoms with Gasteiger partial charge in [-0.25, -0.2) is 0 Å². The Hall–Kier alpha value is 0. The molecule has 0 spiro atoms. The molecule has 0 radical (unpaired) electrons. The Morgan fingerprint density at radius 2 is 1.69 bits per heavy atom. The Balaban J connectivity index is 2.17. The Labute approximate surface area is 84.1 Å². The van der Waals surface area contributed by atoms with Crippen LogP contribution in [-0.2, 0) is 0 Å². The molecule has 0 atom stereocenters. The zero-order valence-electron chi connectivity index (χ0n) is 9.73. The predicted octanol–water partition coefficient (Wildman–Crippen LogP) is 4.78. The number of hydrogen-bond donors (Lipinski definition) is 0. The van der Waals surface area contributed by atoms with Crippen LogP contribution in [0, 0.1) is 11.3 Å². The number of rotatable bonds is 4. The largest absolute Gasteiger partial charge is 0.0628 e. The quantitative estimate of drug-likeness (QED) is 0.587. The van der Waals surface area contributed by atoms with E-state index in [1.54, 1.807) is 0 Å². The van der Waals surface area contributed by atoms with Crippen molar-refractivity contribution >= 4 is 0 Å². The van der Waals surface area contributed by atoms with Gasteiger partial charge in [-0.2, -0.15) is 0 Å². The van der Waals surface area contributed by atoms with Gasteiger partial charge in [0.05, 0.1) is 0 Å². The molecule has 0 aromatic rings. The second-order valence-electron chi connectivity index (χ2n) is 5.66. The van der Waals surface area contributed by atoms with E-state index in [1.807, 2.05) is 0 Å². The van der Waals surface area contributed by atoms with Crippen molar-refractivity contribution in [3.05, 3.63) is 0 Å². The van der Waals surface area contributed by atoms with E-state index >= 15 is 0 Å². The monoisotopic (exact) mass is 182 g/mol. The third kappa shape index (κ3) is 4.15. The summed E-state index contributed by atoms with van der Waals surface area (Å²) in [6.45, 7) is 7.18. The summed E-state index contributed by atoms with van der Waals surface area (Å²) in [5, 5.41) is 0. The molecule has 0 heteroatoms. The van der Waals surface area contributed by atoms with Crippen LogP contribution in [0.15, 0.2) is 0 Å². The van der Waals surface area contributed by atoms with Gasteiger partial charge in [0.15, 0.2) is 0 Å². The molecule has 1 fully saturated rings. The van der Waals surface area contributed by atoms with Crippen LogP contribution >= 0.6 is 0 Å². The van der Waals surface area contributed by atoms with Gasteiger partial charge in [-0.15, -0.1) is 0 Å². The first-order valence-electron chi connectivity index (χ1n) is 6.12. The zero-order valence-corrected chi connectivity index (χ0v) is 9.73. The highest BCUT2D eigenvalue weighted by molar-refractivity contribution is 4.78. The van der Waals surface area contributed by atoms with Gasteiger partial charge in [0, 0.05) is 0 Å². The molecule has 0 nitrogen and oxygen atoms in total. The molecule has 0 aromatic heterocycles. The van der Waals surface area contributed by atoms with E-state index in [4.69, 9.17) is 0 Å². The van der Waals surface area contributed by atoms with Crippen LogP contribution in [0.4, 0.5) is 0 Å². The smallest absolute Gasteiger partial charge is 0.0326 e. The third-order valence-electron chi connectivity index (χ3n) is 3.62. The predicted molar refractivity (Wildman–Crippen MR) is 59.9 cm³/mol. The van der Waals surface area contributed by atoms with Gasteiger partial charge in [0.2, 0.25) is 0 Å². The molecule has 1 rings (SSSR count). The molecule has 0 unspecified atom stereocenters. The van der Waals surface area contributed by atoms with E-state index in [0.29, 0.717) is 5.41 Å². The maximum atomic E-state index is 2.51. The van der Waals surface area contributed by atoms with Crippen molar-refractivity contribution in [1.29, 1.82) is 0 Å². The summed E-state index contributed by atoms with van der Waals surface area (Å²) in [5.41, 5.74) is 0.715. The van der Waals surface area contributed by atoms with E-state index in [1.165, 1.54) is 51.4 Å². The minimum atomic E-state index is 0.715. The maximum Gasteiger partial charge on any atom is -0.0326 e. The van der Waals surface area contributed by atoms with Crippen molar-refractivity contribution in [2.45, 2.75) is 72.1 Å². The topological polar surface area (TPSA) is 0 Å². The van der Waals surface area contributed by atoms with Gasteiger partial charge in [0.25, 0.3) is 0 Å². The van der Waals surface area contributed by atoms with Crippen molar-refractivity contribution in [3.8, 4) is 0 Å². The average Bonchev–Trinajstić information content (AvgIpc) is 2.04. The number of hydrogen-bond acceptors (Lipinski definition) is 0. The minimum absolute atomic E-state index is 0.715. The van der Waals surface area contributed by atoms with E-state index in [2.05, 4.69) is 20.8 Å². The van der Waals surface area contributed by atoms with Gasteiger partial charge in [-0.05, 0) is 30.6 Å². The first kappa shape index (κ1) is 11.1. The lowest BCUT2D eigenvalue weighted by atomic mass is 9.72. The van der Waals surface area contributed by atoms with E-state index < -0.39 is 0 Å². The van der Waals surface area contributed by atoms with Crippen LogP contribution in [0.2, 0.25) is 0 Å². The molecule has 0 heterocycles. The van der Waals surface area contributed by atoms with Crippen molar-refractivity contribution in [3.63, 3.8) is 0 Å². The molecule has 0 amide bonds. The van der Waals surface area contributed by atoms with Crippen LogP contribution in [0.5, 0.6) is 0 Å². The van der Waals surface area contributed by atoms with Gasteiger partial charge >= 0.3 is 0 Å². The normalized spacial score (nSPS) is 22.2. The lowest BCUT2D eigenvalue weighted by Gasteiger charge is -2.33. The van der Waals surface area contributed by atoms with Crippen molar-refractivity contribution < 1.29 is 0 Å². The molecule has 0 N–H and O–H groups in total. The Morgan fingerprint density at radius 1 is 1.08 bits per heavy atom. The molecule has 0 aromatic carbocycles. The van der Waals surface area contributed by atoms with Crippen LogP contribution in [0.3, 0.4) is 0 Å². The van der Waals surface area contributed by atoms with Crippen molar-refractivity contribution in [2.75, 3.05) is 0 Å². The third-order valence-corrected chi connectivity index (χ3v) is 3.62. The van der Waals surface area contributed by atoms with Gasteiger partial charge in [-0.1, -0.05) is 52.9 Å². The molecule has 0 saturated heterocycles. The van der Waals surface area contributed by atoms with Crippen molar-refractivity contribution in [1.82, 2.24) is 0 Å². The summed E-state index contributed by atoms with van der Waals surface area (Å²) in [6.07, 6.45) is 11.8. The van der Waals surface area contributed by atoms with Gasteiger partial charge in [-0.3, -0.25) is 0 Å². The highest BCUT2D eigenvalue weighted by atomic mass is 14.3. The lowest BCUT2D eigenvalue weighted by molar-refractivity contribution is 0.190. The van der Waals surface area contributed by atoms with Crippen LogP contribution in [0.25, 0.3) is 0 Å². The summed E-state index contributed by atoms with van der Waals surface area (Å²) in [6, 6.07) is 0. The molecular weight excluding hydrogens is 156 g/mol. The maximum absolute atomic E-state index is 2.51. The fourth-order valence-electron chi connectivity index (χ4n) is 2.59. The molecular formula is C13H26. The van der Waals surface area contributed by atoms with Gasteiger partial charge < -0.3 is 0 Å². The van der Waals surface area contributed by atoms with E-state index in [0.717, 1.165) is 5.92 Å². The average molecular weight is 182 g/mol. The van der Waals surface area contributed by atoms with Gasteiger partial charge in [0.1, 0.15) is 0 Å². The second-order valence-corrected chi connectivity index (χ2v) is 5.66. The molecule has 1 aliphatic carbocycles. The summed E-state index contributed by atoms with van der Waals surface area (Å²) in [7, 11) is 0. The minimum Gasteiger partial charge on any atom is -0.0628 e. The summed E-state index contributed by atoms with van der Waals surface area (Å²) >= 11 is 0. The van der Waals surface area contributed by atoms with Crippen molar-refractivity contribution in [2.24, 2.45) is 11.3 Å². The Morgan fingerprint density at radius 3 is 2.23 bits per heavy atom. The fourth-order valence-corrected chi connectivity index (χ4v) is 2.59. The van der Waals surface area contributed by atoms with Crippen LogP contribution in [0.1, 0.15) is 72.1 Å². The lowest BCUT2D eigenvalue weighted by Crippen LogP contribution is -2.19. The highest BCUT2D eigenvalue weighted by Crippen LogP contribution is 2.40. The molecule has 0 bridgehead atoms. The zero-order chi connectivity index (χ0) is 9.73. The molecule has 78 valence electrons.